The molecule has 15 heavy (non-hydrogen) atoms. The van der Waals surface area contributed by atoms with Gasteiger partial charge in [0.1, 0.15) is 0 Å². The maximum Gasteiger partial charge on any atom is 0.223 e. The second-order valence-electron chi connectivity index (χ2n) is 4.84. The van der Waals surface area contributed by atoms with Crippen molar-refractivity contribution in [1.82, 2.24) is 10.4 Å². The quantitative estimate of drug-likeness (QED) is 0.660. The topological polar surface area (TPSA) is 41.1 Å². The maximum atomic E-state index is 11.4. The summed E-state index contributed by atoms with van der Waals surface area (Å²) in [6.45, 7) is 9.62. The van der Waals surface area contributed by atoms with Crippen molar-refractivity contribution in [3.63, 3.8) is 0 Å². The minimum atomic E-state index is -0.371. The van der Waals surface area contributed by atoms with Gasteiger partial charge in [0.05, 0.1) is 0 Å². The van der Waals surface area contributed by atoms with Gasteiger partial charge in [-0.2, -0.15) is 0 Å². The Labute approximate surface area is 95.2 Å². The summed E-state index contributed by atoms with van der Waals surface area (Å²) in [5, 5.41) is 6.28. The maximum absolute atomic E-state index is 11.4. The molecule has 0 aliphatic heterocycles. The molecule has 0 aromatic rings. The van der Waals surface area contributed by atoms with Crippen molar-refractivity contribution in [3.8, 4) is 0 Å². The summed E-state index contributed by atoms with van der Waals surface area (Å²) in [6.07, 6.45) is 2.65. The molecule has 0 fully saturated rings. The van der Waals surface area contributed by atoms with Crippen LogP contribution in [0.2, 0.25) is 0 Å². The second-order valence-corrected chi connectivity index (χ2v) is 6.77. The zero-order valence-corrected chi connectivity index (χ0v) is 11.6. The molecule has 1 atom stereocenters. The molecule has 0 rings (SSSR count). The molecule has 0 radical (unpaired) electrons. The van der Waals surface area contributed by atoms with E-state index in [2.05, 4.69) is 30.9 Å². The molecule has 0 aromatic carbocycles. The Morgan fingerprint density at radius 2 is 2.00 bits per heavy atom. The fourth-order valence-corrected chi connectivity index (χ4v) is 3.72. The predicted octanol–water partition coefficient (Wildman–Crippen LogP) is 2.17. The molecule has 0 aliphatic carbocycles. The molecule has 0 aliphatic rings. The molecule has 0 bridgehead atoms. The fourth-order valence-electron chi connectivity index (χ4n) is 1.71. The van der Waals surface area contributed by atoms with Gasteiger partial charge in [0.25, 0.3) is 0 Å². The number of carbonyl (C=O) groups is 1. The van der Waals surface area contributed by atoms with Crippen LogP contribution in [0.4, 0.5) is 0 Å². The van der Waals surface area contributed by atoms with E-state index in [1.54, 1.807) is 0 Å². The SMILES string of the molecule is CCCC(=O)NP(C)CC(C)(C)CNC. The van der Waals surface area contributed by atoms with E-state index in [0.717, 1.165) is 19.1 Å². The first-order valence-corrected chi connectivity index (χ1v) is 7.54. The first-order chi connectivity index (χ1) is 6.91. The van der Waals surface area contributed by atoms with Crippen molar-refractivity contribution in [1.29, 1.82) is 0 Å². The van der Waals surface area contributed by atoms with Crippen LogP contribution in [0, 0.1) is 5.41 Å². The van der Waals surface area contributed by atoms with E-state index in [4.69, 9.17) is 0 Å². The number of hydrogen-bond donors (Lipinski definition) is 2. The first-order valence-electron chi connectivity index (χ1n) is 5.56. The second kappa shape index (κ2) is 7.19. The highest BCUT2D eigenvalue weighted by molar-refractivity contribution is 7.55. The van der Waals surface area contributed by atoms with E-state index in [0.29, 0.717) is 6.42 Å². The third-order valence-corrected chi connectivity index (χ3v) is 4.07. The zero-order valence-electron chi connectivity index (χ0n) is 10.7. The van der Waals surface area contributed by atoms with Crippen LogP contribution >= 0.6 is 8.07 Å². The summed E-state index contributed by atoms with van der Waals surface area (Å²) in [5.41, 5.74) is 0.259. The minimum absolute atomic E-state index is 0.200. The van der Waals surface area contributed by atoms with Crippen molar-refractivity contribution in [2.24, 2.45) is 5.41 Å². The highest BCUT2D eigenvalue weighted by Gasteiger charge is 2.20. The Morgan fingerprint density at radius 1 is 1.40 bits per heavy atom. The highest BCUT2D eigenvalue weighted by Crippen LogP contribution is 2.34. The van der Waals surface area contributed by atoms with Gasteiger partial charge < -0.3 is 10.4 Å². The molecule has 0 aromatic heterocycles. The van der Waals surface area contributed by atoms with E-state index < -0.39 is 0 Å². The molecular weight excluding hydrogens is 207 g/mol. The van der Waals surface area contributed by atoms with Crippen LogP contribution in [0.3, 0.4) is 0 Å². The van der Waals surface area contributed by atoms with Crippen LogP contribution in [-0.2, 0) is 4.79 Å². The summed E-state index contributed by atoms with van der Waals surface area (Å²) in [6, 6.07) is 0. The summed E-state index contributed by atoms with van der Waals surface area (Å²) in [4.78, 5) is 11.4. The van der Waals surface area contributed by atoms with Crippen LogP contribution in [-0.4, -0.2) is 32.3 Å². The predicted molar refractivity (Wildman–Crippen MR) is 68.5 cm³/mol. The largest absolute Gasteiger partial charge is 0.335 e. The third kappa shape index (κ3) is 7.75. The smallest absolute Gasteiger partial charge is 0.223 e. The van der Waals surface area contributed by atoms with Gasteiger partial charge in [-0.3, -0.25) is 4.79 Å². The lowest BCUT2D eigenvalue weighted by Crippen LogP contribution is -2.31. The Morgan fingerprint density at radius 3 is 2.47 bits per heavy atom. The number of nitrogens with one attached hydrogen (secondary N) is 2. The lowest BCUT2D eigenvalue weighted by molar-refractivity contribution is -0.119. The summed E-state index contributed by atoms with van der Waals surface area (Å²) in [5.74, 6) is 0.200. The van der Waals surface area contributed by atoms with Crippen LogP contribution in [0.15, 0.2) is 0 Å². The summed E-state index contributed by atoms with van der Waals surface area (Å²) >= 11 is 0. The monoisotopic (exact) mass is 232 g/mol. The summed E-state index contributed by atoms with van der Waals surface area (Å²) < 4.78 is 0. The number of rotatable bonds is 7. The Hall–Kier alpha value is -0.140. The molecule has 0 heterocycles. The lowest BCUT2D eigenvalue weighted by atomic mass is 9.97. The van der Waals surface area contributed by atoms with Gasteiger partial charge in [-0.25, -0.2) is 0 Å². The minimum Gasteiger partial charge on any atom is -0.335 e. The number of amides is 1. The van der Waals surface area contributed by atoms with Gasteiger partial charge in [0.2, 0.25) is 5.91 Å². The molecule has 0 saturated heterocycles. The molecule has 90 valence electrons. The normalized spacial score (nSPS) is 13.7. The van der Waals surface area contributed by atoms with Crippen molar-refractivity contribution >= 4 is 14.0 Å². The molecule has 0 saturated carbocycles. The van der Waals surface area contributed by atoms with Crippen LogP contribution in [0.25, 0.3) is 0 Å². The van der Waals surface area contributed by atoms with E-state index in [9.17, 15) is 4.79 Å². The highest BCUT2D eigenvalue weighted by atomic mass is 31.1. The summed E-state index contributed by atoms with van der Waals surface area (Å²) in [7, 11) is 1.60. The van der Waals surface area contributed by atoms with Gasteiger partial charge in [-0.15, -0.1) is 0 Å². The van der Waals surface area contributed by atoms with Crippen molar-refractivity contribution in [2.45, 2.75) is 33.6 Å². The number of carbonyl (C=O) groups excluding carboxylic acids is 1. The Balaban J connectivity index is 3.91. The fraction of sp³-hybridized carbons (Fsp3) is 0.909. The van der Waals surface area contributed by atoms with Crippen LogP contribution in [0.1, 0.15) is 33.6 Å². The van der Waals surface area contributed by atoms with Crippen LogP contribution < -0.4 is 10.4 Å². The van der Waals surface area contributed by atoms with Gasteiger partial charge >= 0.3 is 0 Å². The molecule has 1 unspecified atom stereocenters. The molecule has 3 nitrogen and oxygen atoms in total. The Kier molecular flexibility index (Phi) is 7.12. The first kappa shape index (κ1) is 14.9. The molecule has 0 spiro atoms. The van der Waals surface area contributed by atoms with Crippen molar-refractivity contribution < 1.29 is 4.79 Å². The molecule has 2 N–H and O–H groups in total. The molecule has 4 heteroatoms. The van der Waals surface area contributed by atoms with Crippen molar-refractivity contribution in [2.75, 3.05) is 26.4 Å². The third-order valence-electron chi connectivity index (χ3n) is 2.11. The average Bonchev–Trinajstić information content (AvgIpc) is 2.01. The van der Waals surface area contributed by atoms with Gasteiger partial charge in [0, 0.05) is 13.0 Å². The van der Waals surface area contributed by atoms with Gasteiger partial charge in [-0.1, -0.05) is 20.8 Å². The lowest BCUT2D eigenvalue weighted by Gasteiger charge is -2.28. The average molecular weight is 232 g/mol. The Bertz CT molecular complexity index is 195. The number of hydrogen-bond acceptors (Lipinski definition) is 2. The van der Waals surface area contributed by atoms with Crippen molar-refractivity contribution in [3.05, 3.63) is 0 Å². The molecular formula is C11H25N2OP. The van der Waals surface area contributed by atoms with Crippen LogP contribution in [0.5, 0.6) is 0 Å². The van der Waals surface area contributed by atoms with E-state index >= 15 is 0 Å². The zero-order chi connectivity index (χ0) is 11.9. The van der Waals surface area contributed by atoms with E-state index in [1.807, 2.05) is 14.0 Å². The van der Waals surface area contributed by atoms with E-state index in [-0.39, 0.29) is 19.4 Å². The standard InChI is InChI=1S/C11H25N2OP/c1-6-7-10(14)13-15(5)9-11(2,3)8-12-4/h12H,6-9H2,1-5H3,(H,13,14). The van der Waals surface area contributed by atoms with Gasteiger partial charge in [-0.05, 0) is 39.8 Å². The van der Waals surface area contributed by atoms with Gasteiger partial charge in [0.15, 0.2) is 0 Å². The molecule has 1 amide bonds. The van der Waals surface area contributed by atoms with E-state index in [1.165, 1.54) is 0 Å².